The van der Waals surface area contributed by atoms with Crippen molar-refractivity contribution in [3.05, 3.63) is 178 Å². The predicted octanol–water partition coefficient (Wildman–Crippen LogP) is 29.8. The average Bonchev–Trinajstić information content (AvgIpc) is 2.48. The van der Waals surface area contributed by atoms with Gasteiger partial charge in [0.1, 0.15) is 0 Å². The molecule has 0 N–H and O–H groups in total. The Kier molecular flexibility index (Phi) is 61.1. The zero-order chi connectivity index (χ0) is 66.3. The van der Waals surface area contributed by atoms with E-state index in [9.17, 15) is 0 Å². The Labute approximate surface area is 565 Å². The summed E-state index contributed by atoms with van der Waals surface area (Å²) < 4.78 is 0. The van der Waals surface area contributed by atoms with Gasteiger partial charge in [0.25, 0.3) is 0 Å². The molecule has 2 fully saturated rings. The van der Waals surface area contributed by atoms with Crippen molar-refractivity contribution in [2.45, 2.75) is 361 Å². The van der Waals surface area contributed by atoms with Crippen molar-refractivity contribution in [3.8, 4) is 0 Å². The van der Waals surface area contributed by atoms with E-state index in [4.69, 9.17) is 0 Å². The van der Waals surface area contributed by atoms with Crippen LogP contribution < -0.4 is 0 Å². The highest BCUT2D eigenvalue weighted by Gasteiger charge is 2.27. The minimum Gasteiger partial charge on any atom is -0.0654 e. The van der Waals surface area contributed by atoms with Crippen molar-refractivity contribution in [3.63, 3.8) is 0 Å². The number of aryl methyl sites for hydroxylation is 8. The van der Waals surface area contributed by atoms with E-state index in [0.717, 1.165) is 42.4 Å². The summed E-state index contributed by atoms with van der Waals surface area (Å²) in [7, 11) is 0. The molecule has 5 aromatic rings. The third kappa shape index (κ3) is 47.9. The van der Waals surface area contributed by atoms with E-state index in [2.05, 4.69) is 237 Å². The lowest BCUT2D eigenvalue weighted by Gasteiger charge is -2.35. The van der Waals surface area contributed by atoms with E-state index in [1.165, 1.54) is 252 Å². The van der Waals surface area contributed by atoms with Crippen molar-refractivity contribution >= 4 is 0 Å². The van der Waals surface area contributed by atoms with Crippen LogP contribution in [0.3, 0.4) is 0 Å². The SMILES string of the molecule is C1CCC2CCCCC2C1.CCCCC(C)C(C)CC.CCCCC(C)CCCC.CCCCCCCCCC.CCCCc1ccccc1.CCCCc1ccccc1.CCCc1ccccc1C.CCc1ccccc1CC.c1ccc2c(c1)CCCC2. The molecule has 2 saturated carbocycles. The van der Waals surface area contributed by atoms with E-state index in [-0.39, 0.29) is 0 Å². The molecular weight excluding hydrogens is 1080 g/mol. The Morgan fingerprint density at radius 2 is 0.656 bits per heavy atom. The van der Waals surface area contributed by atoms with Crippen LogP contribution in [-0.2, 0) is 44.9 Å². The number of fused-ring (bicyclic) bond motifs is 2. The van der Waals surface area contributed by atoms with Crippen molar-refractivity contribution in [2.75, 3.05) is 0 Å². The zero-order valence-electron chi connectivity index (χ0n) is 62.9. The number of unbranched alkanes of at least 4 members (excludes halogenated alkanes) is 12. The van der Waals surface area contributed by atoms with Crippen LogP contribution in [0.25, 0.3) is 0 Å². The third-order valence-electron chi connectivity index (χ3n) is 19.4. The maximum absolute atomic E-state index is 2.38. The molecule has 0 radical (unpaired) electrons. The lowest BCUT2D eigenvalue weighted by Crippen LogP contribution is -2.22. The van der Waals surface area contributed by atoms with Gasteiger partial charge in [-0.25, -0.2) is 0 Å². The van der Waals surface area contributed by atoms with Crippen molar-refractivity contribution < 1.29 is 0 Å². The van der Waals surface area contributed by atoms with Gasteiger partial charge in [0.2, 0.25) is 0 Å². The van der Waals surface area contributed by atoms with Gasteiger partial charge in [0.05, 0.1) is 0 Å². The Hall–Kier alpha value is -3.90. The third-order valence-corrected chi connectivity index (χ3v) is 19.4. The molecule has 512 valence electrons. The second kappa shape index (κ2) is 63.8. The summed E-state index contributed by atoms with van der Waals surface area (Å²) in [6.07, 6.45) is 55.6. The monoisotopic (exact) mass is 1230 g/mol. The van der Waals surface area contributed by atoms with Gasteiger partial charge in [-0.15, -0.1) is 0 Å². The zero-order valence-corrected chi connectivity index (χ0v) is 62.9. The first-order valence-corrected chi connectivity index (χ1v) is 39.2. The first-order valence-electron chi connectivity index (χ1n) is 39.2. The van der Waals surface area contributed by atoms with Crippen LogP contribution >= 0.6 is 0 Å². The fraction of sp³-hybridized carbons (Fsp3) is 0.667. The summed E-state index contributed by atoms with van der Waals surface area (Å²) in [5.41, 5.74) is 12.0. The van der Waals surface area contributed by atoms with Crippen LogP contribution in [0, 0.1) is 36.5 Å². The van der Waals surface area contributed by atoms with Crippen LogP contribution in [0.2, 0.25) is 0 Å². The number of benzene rings is 5. The standard InChI is InChI=1S/C10H18.C10H12.4C10H14.3C10H22/c2*1-2-6-10-8-4-3-7-9(10)5-1;1-3-6-10-8-5-4-7-9(10)2;1-3-9-7-5-6-8-10(9)4-2;2*1-2-3-7-10-8-5-4-6-9-10;1-5-7-8-10(4)9(3)6-2;1-4-6-8-10(3)9-7-5-2;1-3-5-7-9-10-8-6-4-2/h9-10H,1-8H2;1-2,5-6H,3-4,7-8H2;4-5,7-8H,3,6H2,1-2H3;5-8H,3-4H2,1-2H3;2*4-6,8-9H,2-3,7H2,1H3;9-10H,5-8H2,1-4H3;10H,4-9H2,1-3H3;3-10H2,1-2H3. The van der Waals surface area contributed by atoms with Gasteiger partial charge < -0.3 is 0 Å². The fourth-order valence-electron chi connectivity index (χ4n) is 12.7. The van der Waals surface area contributed by atoms with E-state index in [1.807, 2.05) is 0 Å². The molecule has 90 heavy (non-hydrogen) atoms. The Morgan fingerprint density at radius 1 is 0.311 bits per heavy atom. The lowest BCUT2D eigenvalue weighted by molar-refractivity contribution is 0.171. The highest BCUT2D eigenvalue weighted by Crippen LogP contribution is 2.40. The summed E-state index contributed by atoms with van der Waals surface area (Å²) in [5, 5.41) is 0. The van der Waals surface area contributed by atoms with E-state index >= 15 is 0 Å². The van der Waals surface area contributed by atoms with Crippen LogP contribution in [0.4, 0.5) is 0 Å². The maximum atomic E-state index is 2.38. The van der Waals surface area contributed by atoms with Gasteiger partial charge in [-0.05, 0) is 152 Å². The summed E-state index contributed by atoms with van der Waals surface area (Å²) in [4.78, 5) is 0. The summed E-state index contributed by atoms with van der Waals surface area (Å²) >= 11 is 0. The molecule has 0 amide bonds. The van der Waals surface area contributed by atoms with Gasteiger partial charge in [-0.3, -0.25) is 0 Å². The van der Waals surface area contributed by atoms with Crippen molar-refractivity contribution in [2.24, 2.45) is 29.6 Å². The van der Waals surface area contributed by atoms with Crippen LogP contribution in [0.5, 0.6) is 0 Å². The largest absolute Gasteiger partial charge is 0.0654 e. The quantitative estimate of drug-likeness (QED) is 0.0438. The summed E-state index contributed by atoms with van der Waals surface area (Å²) in [6.45, 7) is 34.0. The molecule has 0 aromatic heterocycles. The second-order valence-electron chi connectivity index (χ2n) is 27.4. The molecule has 2 unspecified atom stereocenters. The Bertz CT molecular complexity index is 2030. The van der Waals surface area contributed by atoms with E-state index in [1.54, 1.807) is 36.8 Å². The minimum absolute atomic E-state index is 0.923. The summed E-state index contributed by atoms with van der Waals surface area (Å²) in [5.74, 6) is 5.14. The van der Waals surface area contributed by atoms with Gasteiger partial charge in [-0.1, -0.05) is 417 Å². The maximum Gasteiger partial charge on any atom is -0.0276 e. The first kappa shape index (κ1) is 86.1. The number of rotatable bonds is 28. The predicted molar refractivity (Wildman–Crippen MR) is 412 cm³/mol. The van der Waals surface area contributed by atoms with E-state index < -0.39 is 0 Å². The number of hydrogen-bond donors (Lipinski definition) is 0. The topological polar surface area (TPSA) is 0 Å². The molecule has 3 aliphatic rings. The van der Waals surface area contributed by atoms with Crippen LogP contribution in [-0.4, -0.2) is 0 Å². The fourth-order valence-corrected chi connectivity index (χ4v) is 12.7. The van der Waals surface area contributed by atoms with Gasteiger partial charge >= 0.3 is 0 Å². The van der Waals surface area contributed by atoms with Crippen LogP contribution in [0.15, 0.2) is 133 Å². The second-order valence-corrected chi connectivity index (χ2v) is 27.4. The molecule has 0 bridgehead atoms. The van der Waals surface area contributed by atoms with Gasteiger partial charge in [0, 0.05) is 0 Å². The average molecular weight is 1230 g/mol. The molecule has 0 nitrogen and oxygen atoms in total. The smallest absolute Gasteiger partial charge is 0.0276 e. The molecule has 0 saturated heterocycles. The molecular formula is C90H152. The molecule has 3 aliphatic carbocycles. The molecule has 0 heterocycles. The highest BCUT2D eigenvalue weighted by atomic mass is 14.3. The van der Waals surface area contributed by atoms with Crippen molar-refractivity contribution in [1.82, 2.24) is 0 Å². The first-order chi connectivity index (χ1) is 44.0. The highest BCUT2D eigenvalue weighted by molar-refractivity contribution is 5.29. The van der Waals surface area contributed by atoms with Crippen LogP contribution in [0.1, 0.15) is 353 Å². The Balaban J connectivity index is 0.000000990. The minimum atomic E-state index is 0.923. The Morgan fingerprint density at radius 3 is 1.01 bits per heavy atom. The molecule has 0 aliphatic heterocycles. The van der Waals surface area contributed by atoms with Gasteiger partial charge in [0.15, 0.2) is 0 Å². The lowest BCUT2D eigenvalue weighted by atomic mass is 9.71. The molecule has 5 aromatic carbocycles. The molecule has 0 spiro atoms. The van der Waals surface area contributed by atoms with Crippen molar-refractivity contribution in [1.29, 1.82) is 0 Å². The molecule has 2 atom stereocenters. The normalized spacial score (nSPS) is 14.9. The number of hydrogen-bond acceptors (Lipinski definition) is 0. The molecule has 8 rings (SSSR count). The van der Waals surface area contributed by atoms with E-state index in [0.29, 0.717) is 0 Å². The van der Waals surface area contributed by atoms with Gasteiger partial charge in [-0.2, -0.15) is 0 Å². The summed E-state index contributed by atoms with van der Waals surface area (Å²) in [6, 6.07) is 47.3. The molecule has 0 heteroatoms.